The largest absolute Gasteiger partial charge is 0.330 e. The van der Waals surface area contributed by atoms with Gasteiger partial charge in [0.05, 0.1) is 0 Å². The summed E-state index contributed by atoms with van der Waals surface area (Å²) < 4.78 is 0. The van der Waals surface area contributed by atoms with Crippen LogP contribution in [0.15, 0.2) is 35.7 Å². The Morgan fingerprint density at radius 2 is 1.88 bits per heavy atom. The van der Waals surface area contributed by atoms with E-state index in [9.17, 15) is 0 Å². The van der Waals surface area contributed by atoms with Gasteiger partial charge in [-0.1, -0.05) is 29.8 Å². The van der Waals surface area contributed by atoms with Gasteiger partial charge in [0, 0.05) is 4.88 Å². The van der Waals surface area contributed by atoms with Gasteiger partial charge in [0.25, 0.3) is 0 Å². The van der Waals surface area contributed by atoms with E-state index in [0.29, 0.717) is 0 Å². The van der Waals surface area contributed by atoms with E-state index < -0.39 is 0 Å². The fourth-order valence-corrected chi connectivity index (χ4v) is 2.63. The summed E-state index contributed by atoms with van der Waals surface area (Å²) in [4.78, 5) is 1.43. The fourth-order valence-electron chi connectivity index (χ4n) is 1.69. The normalized spacial score (nSPS) is 10.6. The summed E-state index contributed by atoms with van der Waals surface area (Å²) in [5.74, 6) is 0. The van der Waals surface area contributed by atoms with Crippen LogP contribution in [0.5, 0.6) is 0 Å². The van der Waals surface area contributed by atoms with Crippen molar-refractivity contribution in [2.75, 3.05) is 6.54 Å². The van der Waals surface area contributed by atoms with E-state index in [1.807, 2.05) is 11.3 Å². The van der Waals surface area contributed by atoms with Crippen molar-refractivity contribution in [3.05, 3.63) is 46.2 Å². The molecule has 0 fully saturated rings. The number of thiophene rings is 1. The molecule has 1 heterocycles. The van der Waals surface area contributed by atoms with Gasteiger partial charge >= 0.3 is 0 Å². The molecule has 1 aromatic carbocycles. The Hall–Kier alpha value is -1.12. The quantitative estimate of drug-likeness (QED) is 0.854. The standard InChI is InChI=1S/C14H17NS/c1-11-4-6-12(7-5-11)13-9-14(16-10-13)3-2-8-15/h4-7,9-10H,2-3,8,15H2,1H3. The molecule has 0 spiro atoms. The summed E-state index contributed by atoms with van der Waals surface area (Å²) in [6, 6.07) is 11.0. The van der Waals surface area contributed by atoms with Crippen LogP contribution < -0.4 is 5.73 Å². The maximum atomic E-state index is 5.52. The minimum Gasteiger partial charge on any atom is -0.330 e. The molecule has 0 bridgehead atoms. The minimum absolute atomic E-state index is 0.776. The molecular weight excluding hydrogens is 214 g/mol. The molecule has 2 rings (SSSR count). The van der Waals surface area contributed by atoms with Gasteiger partial charge in [-0.2, -0.15) is 0 Å². The Morgan fingerprint density at radius 1 is 1.12 bits per heavy atom. The molecule has 0 aliphatic rings. The molecule has 0 atom stereocenters. The van der Waals surface area contributed by atoms with Crippen molar-refractivity contribution in [3.63, 3.8) is 0 Å². The third-order valence-electron chi connectivity index (χ3n) is 2.67. The predicted octanol–water partition coefficient (Wildman–Crippen LogP) is 3.61. The lowest BCUT2D eigenvalue weighted by Crippen LogP contribution is -1.99. The van der Waals surface area contributed by atoms with Crippen molar-refractivity contribution in [2.45, 2.75) is 19.8 Å². The van der Waals surface area contributed by atoms with Crippen LogP contribution in [-0.4, -0.2) is 6.54 Å². The highest BCUT2D eigenvalue weighted by Gasteiger charge is 2.01. The molecule has 84 valence electrons. The highest BCUT2D eigenvalue weighted by atomic mass is 32.1. The van der Waals surface area contributed by atoms with Crippen LogP contribution in [0.4, 0.5) is 0 Å². The van der Waals surface area contributed by atoms with Crippen LogP contribution in [0.25, 0.3) is 11.1 Å². The lowest BCUT2D eigenvalue weighted by atomic mass is 10.1. The van der Waals surface area contributed by atoms with Crippen molar-refractivity contribution >= 4 is 11.3 Å². The molecule has 0 unspecified atom stereocenters. The van der Waals surface area contributed by atoms with Gasteiger partial charge in [0.2, 0.25) is 0 Å². The van der Waals surface area contributed by atoms with Crippen LogP contribution in [0.1, 0.15) is 16.9 Å². The van der Waals surface area contributed by atoms with E-state index in [4.69, 9.17) is 5.73 Å². The first-order valence-corrected chi connectivity index (χ1v) is 6.52. The van der Waals surface area contributed by atoms with Gasteiger partial charge in [-0.15, -0.1) is 11.3 Å². The van der Waals surface area contributed by atoms with E-state index in [1.165, 1.54) is 21.6 Å². The number of nitrogens with two attached hydrogens (primary N) is 1. The second kappa shape index (κ2) is 5.28. The molecule has 0 saturated carbocycles. The molecule has 0 aliphatic carbocycles. The zero-order valence-corrected chi connectivity index (χ0v) is 10.4. The van der Waals surface area contributed by atoms with Crippen LogP contribution in [0.3, 0.4) is 0 Å². The second-order valence-electron chi connectivity index (χ2n) is 4.06. The zero-order chi connectivity index (χ0) is 11.4. The lowest BCUT2D eigenvalue weighted by molar-refractivity contribution is 0.843. The van der Waals surface area contributed by atoms with Gasteiger partial charge in [0.1, 0.15) is 0 Å². The van der Waals surface area contributed by atoms with Crippen LogP contribution in [-0.2, 0) is 6.42 Å². The van der Waals surface area contributed by atoms with Gasteiger partial charge in [-0.25, -0.2) is 0 Å². The molecule has 1 aromatic heterocycles. The third kappa shape index (κ3) is 2.71. The Kier molecular flexibility index (Phi) is 3.75. The van der Waals surface area contributed by atoms with Crippen molar-refractivity contribution in [3.8, 4) is 11.1 Å². The summed E-state index contributed by atoms with van der Waals surface area (Å²) in [7, 11) is 0. The monoisotopic (exact) mass is 231 g/mol. The first-order chi connectivity index (χ1) is 7.79. The topological polar surface area (TPSA) is 26.0 Å². The van der Waals surface area contributed by atoms with E-state index in [-0.39, 0.29) is 0 Å². The highest BCUT2D eigenvalue weighted by molar-refractivity contribution is 7.10. The second-order valence-corrected chi connectivity index (χ2v) is 5.06. The minimum atomic E-state index is 0.776. The zero-order valence-electron chi connectivity index (χ0n) is 9.57. The summed E-state index contributed by atoms with van der Waals surface area (Å²) in [6.45, 7) is 2.89. The van der Waals surface area contributed by atoms with E-state index in [2.05, 4.69) is 42.6 Å². The SMILES string of the molecule is Cc1ccc(-c2csc(CCCN)c2)cc1. The molecule has 0 saturated heterocycles. The van der Waals surface area contributed by atoms with Crippen molar-refractivity contribution in [1.82, 2.24) is 0 Å². The van der Waals surface area contributed by atoms with Crippen LogP contribution in [0.2, 0.25) is 0 Å². The molecule has 16 heavy (non-hydrogen) atoms. The van der Waals surface area contributed by atoms with Crippen molar-refractivity contribution in [2.24, 2.45) is 5.73 Å². The number of aryl methyl sites for hydroxylation is 2. The molecule has 2 aromatic rings. The molecule has 0 radical (unpaired) electrons. The Bertz CT molecular complexity index is 442. The van der Waals surface area contributed by atoms with Crippen molar-refractivity contribution < 1.29 is 0 Å². The summed E-state index contributed by atoms with van der Waals surface area (Å²) in [6.07, 6.45) is 2.18. The number of hydrogen-bond acceptors (Lipinski definition) is 2. The highest BCUT2D eigenvalue weighted by Crippen LogP contribution is 2.26. The number of hydrogen-bond donors (Lipinski definition) is 1. The Labute approximate surface area is 101 Å². The number of benzene rings is 1. The molecular formula is C14H17NS. The van der Waals surface area contributed by atoms with Gasteiger partial charge in [0.15, 0.2) is 0 Å². The molecule has 0 aliphatic heterocycles. The Balaban J connectivity index is 2.15. The van der Waals surface area contributed by atoms with E-state index in [0.717, 1.165) is 19.4 Å². The maximum absolute atomic E-state index is 5.52. The van der Waals surface area contributed by atoms with E-state index in [1.54, 1.807) is 0 Å². The fraction of sp³-hybridized carbons (Fsp3) is 0.286. The van der Waals surface area contributed by atoms with Crippen molar-refractivity contribution in [1.29, 1.82) is 0 Å². The Morgan fingerprint density at radius 3 is 2.56 bits per heavy atom. The van der Waals surface area contributed by atoms with Gasteiger partial charge in [-0.3, -0.25) is 0 Å². The lowest BCUT2D eigenvalue weighted by Gasteiger charge is -1.98. The van der Waals surface area contributed by atoms with Gasteiger partial charge < -0.3 is 5.73 Å². The predicted molar refractivity (Wildman–Crippen MR) is 71.9 cm³/mol. The molecule has 2 heteroatoms. The maximum Gasteiger partial charge on any atom is 0.00520 e. The van der Waals surface area contributed by atoms with Gasteiger partial charge in [-0.05, 0) is 48.9 Å². The average Bonchev–Trinajstić information content (AvgIpc) is 2.76. The summed E-state index contributed by atoms with van der Waals surface area (Å²) >= 11 is 1.83. The summed E-state index contributed by atoms with van der Waals surface area (Å²) in [5, 5.41) is 2.23. The van der Waals surface area contributed by atoms with Crippen LogP contribution in [0, 0.1) is 6.92 Å². The van der Waals surface area contributed by atoms with E-state index >= 15 is 0 Å². The first kappa shape index (κ1) is 11.4. The molecule has 2 N–H and O–H groups in total. The first-order valence-electron chi connectivity index (χ1n) is 5.64. The molecule has 0 amide bonds. The average molecular weight is 231 g/mol. The molecule has 1 nitrogen and oxygen atoms in total. The third-order valence-corrected chi connectivity index (χ3v) is 3.66. The summed E-state index contributed by atoms with van der Waals surface area (Å²) in [5.41, 5.74) is 9.46. The van der Waals surface area contributed by atoms with Crippen LogP contribution >= 0.6 is 11.3 Å². The number of rotatable bonds is 4. The smallest absolute Gasteiger partial charge is 0.00520 e.